The topological polar surface area (TPSA) is 194 Å². The first-order valence-electron chi connectivity index (χ1n) is 9.64. The van der Waals surface area contributed by atoms with Crippen LogP contribution in [0.25, 0.3) is 0 Å². The third-order valence-electron chi connectivity index (χ3n) is 4.60. The highest BCUT2D eigenvalue weighted by Gasteiger charge is 2.33. The highest BCUT2D eigenvalue weighted by Crippen LogP contribution is 2.11. The standard InChI is InChI=1S/C18H33N5O6S/c1-5-9(4)14(17(27)22-13(8(2)3)18(28)29)23-16(26)11(6-12(20)24)21-15(25)10(19)7-30/h8-11,13-14,30H,5-7,19H2,1-4H3,(H2,20,24)(H,21,25)(H,22,27)(H,23,26)(H,28,29). The van der Waals surface area contributed by atoms with E-state index >= 15 is 0 Å². The molecule has 0 aliphatic rings. The molecule has 0 aromatic carbocycles. The maximum atomic E-state index is 12.7. The first-order valence-corrected chi connectivity index (χ1v) is 10.3. The van der Waals surface area contributed by atoms with Crippen LogP contribution in [0.5, 0.6) is 0 Å². The molecule has 5 unspecified atom stereocenters. The Balaban J connectivity index is 5.54. The van der Waals surface area contributed by atoms with E-state index in [0.717, 1.165) is 0 Å². The van der Waals surface area contributed by atoms with Crippen molar-refractivity contribution < 1.29 is 29.1 Å². The third-order valence-corrected chi connectivity index (χ3v) is 4.99. The molecule has 0 aromatic rings. The van der Waals surface area contributed by atoms with Crippen LogP contribution in [0.4, 0.5) is 0 Å². The summed E-state index contributed by atoms with van der Waals surface area (Å²) in [6.45, 7) is 6.77. The number of nitrogens with one attached hydrogen (secondary N) is 3. The van der Waals surface area contributed by atoms with Crippen LogP contribution in [-0.4, -0.2) is 64.6 Å². The predicted molar refractivity (Wildman–Crippen MR) is 113 cm³/mol. The summed E-state index contributed by atoms with van der Waals surface area (Å²) in [7, 11) is 0. The van der Waals surface area contributed by atoms with Gasteiger partial charge in [-0.15, -0.1) is 0 Å². The van der Waals surface area contributed by atoms with E-state index in [1.54, 1.807) is 27.7 Å². The Kier molecular flexibility index (Phi) is 12.0. The molecule has 0 spiro atoms. The van der Waals surface area contributed by atoms with E-state index in [1.165, 1.54) is 0 Å². The number of hydrogen-bond donors (Lipinski definition) is 7. The fourth-order valence-corrected chi connectivity index (χ4v) is 2.65. The number of carbonyl (C=O) groups is 5. The molecule has 0 rings (SSSR count). The lowest BCUT2D eigenvalue weighted by atomic mass is 9.96. The van der Waals surface area contributed by atoms with Crippen LogP contribution in [0.1, 0.15) is 40.5 Å². The minimum absolute atomic E-state index is 0.0143. The summed E-state index contributed by atoms with van der Waals surface area (Å²) >= 11 is 3.91. The maximum Gasteiger partial charge on any atom is 0.326 e. The van der Waals surface area contributed by atoms with Gasteiger partial charge in [0.2, 0.25) is 23.6 Å². The van der Waals surface area contributed by atoms with Gasteiger partial charge in [-0.3, -0.25) is 19.2 Å². The molecule has 0 radical (unpaired) electrons. The van der Waals surface area contributed by atoms with E-state index in [1.807, 2.05) is 0 Å². The second-order valence-electron chi connectivity index (χ2n) is 7.46. The Bertz CT molecular complexity index is 645. The first kappa shape index (κ1) is 27.7. The number of nitrogens with two attached hydrogens (primary N) is 2. The van der Waals surface area contributed by atoms with Crippen molar-refractivity contribution in [2.45, 2.75) is 64.7 Å². The number of carbonyl (C=O) groups excluding carboxylic acids is 4. The van der Waals surface area contributed by atoms with E-state index < -0.39 is 60.2 Å². The molecule has 4 amide bonds. The smallest absolute Gasteiger partial charge is 0.326 e. The van der Waals surface area contributed by atoms with E-state index in [-0.39, 0.29) is 17.6 Å². The Hall–Kier alpha value is -2.34. The fourth-order valence-electron chi connectivity index (χ4n) is 2.48. The number of carboxylic acid groups (broad SMARTS) is 1. The summed E-state index contributed by atoms with van der Waals surface area (Å²) in [5, 5.41) is 16.5. The zero-order valence-electron chi connectivity index (χ0n) is 17.7. The molecule has 0 aliphatic carbocycles. The quantitative estimate of drug-likeness (QED) is 0.164. The molecular weight excluding hydrogens is 414 g/mol. The molecule has 0 fully saturated rings. The molecule has 5 atom stereocenters. The summed E-state index contributed by atoms with van der Waals surface area (Å²) in [6.07, 6.45) is -0.00932. The molecule has 0 bridgehead atoms. The second-order valence-corrected chi connectivity index (χ2v) is 7.83. The largest absolute Gasteiger partial charge is 0.480 e. The van der Waals surface area contributed by atoms with Gasteiger partial charge in [-0.1, -0.05) is 34.1 Å². The molecule has 12 heteroatoms. The number of amides is 4. The van der Waals surface area contributed by atoms with Gasteiger partial charge >= 0.3 is 5.97 Å². The van der Waals surface area contributed by atoms with E-state index in [2.05, 4.69) is 28.6 Å². The van der Waals surface area contributed by atoms with Crippen LogP contribution in [-0.2, 0) is 24.0 Å². The summed E-state index contributed by atoms with van der Waals surface area (Å²) in [5.74, 6) is -4.98. The maximum absolute atomic E-state index is 12.7. The van der Waals surface area contributed by atoms with E-state index in [0.29, 0.717) is 6.42 Å². The van der Waals surface area contributed by atoms with Crippen molar-refractivity contribution in [3.8, 4) is 0 Å². The monoisotopic (exact) mass is 447 g/mol. The highest BCUT2D eigenvalue weighted by atomic mass is 32.1. The van der Waals surface area contributed by atoms with Gasteiger partial charge in [-0.2, -0.15) is 12.6 Å². The number of carboxylic acids is 1. The van der Waals surface area contributed by atoms with Crippen molar-refractivity contribution in [1.82, 2.24) is 16.0 Å². The van der Waals surface area contributed by atoms with Gasteiger partial charge in [-0.25, -0.2) is 4.79 Å². The highest BCUT2D eigenvalue weighted by molar-refractivity contribution is 7.80. The number of thiol groups is 1. The van der Waals surface area contributed by atoms with Gasteiger partial charge in [0, 0.05) is 5.75 Å². The van der Waals surface area contributed by atoms with Crippen LogP contribution in [0.2, 0.25) is 0 Å². The molecule has 0 saturated heterocycles. The van der Waals surface area contributed by atoms with Gasteiger partial charge in [-0.05, 0) is 11.8 Å². The van der Waals surface area contributed by atoms with E-state index in [4.69, 9.17) is 11.5 Å². The van der Waals surface area contributed by atoms with Crippen LogP contribution in [0.15, 0.2) is 0 Å². The Morgan fingerprint density at radius 1 is 0.933 bits per heavy atom. The molecule has 30 heavy (non-hydrogen) atoms. The summed E-state index contributed by atoms with van der Waals surface area (Å²) in [6, 6.07) is -4.59. The molecule has 172 valence electrons. The minimum atomic E-state index is -1.35. The zero-order chi connectivity index (χ0) is 23.6. The molecule has 0 heterocycles. The fraction of sp³-hybridized carbons (Fsp3) is 0.722. The molecule has 0 saturated carbocycles. The van der Waals surface area contributed by atoms with Gasteiger partial charge < -0.3 is 32.5 Å². The van der Waals surface area contributed by atoms with Gasteiger partial charge in [0.05, 0.1) is 12.5 Å². The van der Waals surface area contributed by atoms with Crippen molar-refractivity contribution in [2.24, 2.45) is 23.3 Å². The molecule has 0 aromatic heterocycles. The van der Waals surface area contributed by atoms with Crippen molar-refractivity contribution in [3.05, 3.63) is 0 Å². The lowest BCUT2D eigenvalue weighted by Crippen LogP contribution is -2.59. The second kappa shape index (κ2) is 13.1. The average molecular weight is 448 g/mol. The first-order chi connectivity index (χ1) is 13.8. The molecule has 0 aliphatic heterocycles. The van der Waals surface area contributed by atoms with Crippen molar-refractivity contribution in [3.63, 3.8) is 0 Å². The van der Waals surface area contributed by atoms with Gasteiger partial charge in [0.1, 0.15) is 18.1 Å². The van der Waals surface area contributed by atoms with Crippen LogP contribution in [0.3, 0.4) is 0 Å². The van der Waals surface area contributed by atoms with Gasteiger partial charge in [0.25, 0.3) is 0 Å². The number of primary amides is 1. The average Bonchev–Trinajstić information content (AvgIpc) is 2.66. The summed E-state index contributed by atoms with van der Waals surface area (Å²) in [4.78, 5) is 60.2. The van der Waals surface area contributed by atoms with Crippen LogP contribution < -0.4 is 27.4 Å². The number of hydrogen-bond acceptors (Lipinski definition) is 7. The van der Waals surface area contributed by atoms with Crippen molar-refractivity contribution >= 4 is 42.2 Å². The molecule has 11 nitrogen and oxygen atoms in total. The summed E-state index contributed by atoms with van der Waals surface area (Å²) in [5.41, 5.74) is 10.7. The predicted octanol–water partition coefficient (Wildman–Crippen LogP) is -1.64. The normalized spacial score (nSPS) is 16.0. The van der Waals surface area contributed by atoms with Crippen molar-refractivity contribution in [1.29, 1.82) is 0 Å². The Labute approximate surface area is 181 Å². The summed E-state index contributed by atoms with van der Waals surface area (Å²) < 4.78 is 0. The van der Waals surface area contributed by atoms with Crippen LogP contribution >= 0.6 is 12.6 Å². The zero-order valence-corrected chi connectivity index (χ0v) is 18.6. The van der Waals surface area contributed by atoms with Gasteiger partial charge in [0.15, 0.2) is 0 Å². The lowest BCUT2D eigenvalue weighted by molar-refractivity contribution is -0.144. The van der Waals surface area contributed by atoms with E-state index in [9.17, 15) is 29.1 Å². The number of rotatable bonds is 13. The van der Waals surface area contributed by atoms with Crippen molar-refractivity contribution in [2.75, 3.05) is 5.75 Å². The Morgan fingerprint density at radius 3 is 1.87 bits per heavy atom. The van der Waals surface area contributed by atoms with Crippen LogP contribution in [0, 0.1) is 11.8 Å². The number of aliphatic carboxylic acids is 1. The molecule has 8 N–H and O–H groups in total. The Morgan fingerprint density at radius 2 is 1.47 bits per heavy atom. The third kappa shape index (κ3) is 8.99. The lowest BCUT2D eigenvalue weighted by Gasteiger charge is -2.28. The molecular formula is C18H33N5O6S. The minimum Gasteiger partial charge on any atom is -0.480 e. The SMILES string of the molecule is CCC(C)C(NC(=O)C(CC(N)=O)NC(=O)C(N)CS)C(=O)NC(C(=O)O)C(C)C.